The van der Waals surface area contributed by atoms with E-state index < -0.39 is 11.4 Å². The molecule has 2 rings (SSSR count). The maximum Gasteiger partial charge on any atom is 0.250 e. The number of aromatic nitrogens is 2. The molecule has 0 aliphatic carbocycles. The average Bonchev–Trinajstić information content (AvgIpc) is 2.60. The number of likely N-dealkylation sites (N-methyl/N-ethyl adjacent to an activating group) is 1. The Bertz CT molecular complexity index is 851. The van der Waals surface area contributed by atoms with Crippen LogP contribution < -0.4 is 21.1 Å². The first-order chi connectivity index (χ1) is 11.8. The number of benzene rings is 1. The Hall–Kier alpha value is -2.70. The van der Waals surface area contributed by atoms with Gasteiger partial charge in [0, 0.05) is 10.2 Å². The minimum atomic E-state index is -1.34. The van der Waals surface area contributed by atoms with Crippen molar-refractivity contribution in [2.75, 3.05) is 25.2 Å². The van der Waals surface area contributed by atoms with Gasteiger partial charge in [0.1, 0.15) is 17.2 Å². The fourth-order valence-corrected chi connectivity index (χ4v) is 2.63. The van der Waals surface area contributed by atoms with Gasteiger partial charge in [0.05, 0.1) is 12.8 Å². The minimum Gasteiger partial charge on any atom is -0.480 e. The van der Waals surface area contributed by atoms with Gasteiger partial charge in [0.2, 0.25) is 11.8 Å². The fourth-order valence-electron chi connectivity index (χ4n) is 2.23. The van der Waals surface area contributed by atoms with Crippen molar-refractivity contribution in [3.05, 3.63) is 40.0 Å². The molecule has 2 aromatic rings. The van der Waals surface area contributed by atoms with Gasteiger partial charge in [-0.05, 0) is 32.2 Å². The summed E-state index contributed by atoms with van der Waals surface area (Å²) in [6.45, 7) is 1.60. The number of hydrogen-bond donors (Lipinski definition) is 3. The van der Waals surface area contributed by atoms with E-state index in [1.54, 1.807) is 32.2 Å². The van der Waals surface area contributed by atoms with Crippen LogP contribution in [0.5, 0.6) is 5.88 Å². The second-order valence-electron chi connectivity index (χ2n) is 5.27. The van der Waals surface area contributed by atoms with Gasteiger partial charge >= 0.3 is 0 Å². The molecule has 4 N–H and O–H groups in total. The number of nitrogens with two attached hydrogens (primary N) is 1. The SMILES string of the molecule is CN[C@@](C)(C(=O)Nc1cccc(Br)c1)c1nc(N)nc(OC)c1C#N. The summed E-state index contributed by atoms with van der Waals surface area (Å²) in [5.74, 6) is -0.492. The van der Waals surface area contributed by atoms with Crippen LogP contribution in [0.15, 0.2) is 28.7 Å². The molecular formula is C16H17BrN6O2. The Kier molecular flexibility index (Phi) is 5.56. The maximum atomic E-state index is 12.9. The molecule has 0 saturated carbocycles. The number of methoxy groups -OCH3 is 1. The Morgan fingerprint density at radius 3 is 2.72 bits per heavy atom. The highest BCUT2D eigenvalue weighted by Gasteiger charge is 2.39. The Morgan fingerprint density at radius 1 is 1.44 bits per heavy atom. The van der Waals surface area contributed by atoms with Crippen LogP contribution in [0.25, 0.3) is 0 Å². The van der Waals surface area contributed by atoms with E-state index in [0.717, 1.165) is 4.47 Å². The summed E-state index contributed by atoms with van der Waals surface area (Å²) < 4.78 is 5.91. The highest BCUT2D eigenvalue weighted by Crippen LogP contribution is 2.29. The number of hydrogen-bond acceptors (Lipinski definition) is 7. The average molecular weight is 405 g/mol. The monoisotopic (exact) mass is 404 g/mol. The summed E-state index contributed by atoms with van der Waals surface area (Å²) >= 11 is 3.35. The molecule has 1 atom stereocenters. The van der Waals surface area contributed by atoms with E-state index >= 15 is 0 Å². The van der Waals surface area contributed by atoms with Gasteiger partial charge in [-0.3, -0.25) is 4.79 Å². The zero-order valence-corrected chi connectivity index (χ0v) is 15.5. The van der Waals surface area contributed by atoms with E-state index in [1.807, 2.05) is 12.1 Å². The molecule has 8 nitrogen and oxygen atoms in total. The fraction of sp³-hybridized carbons (Fsp3) is 0.250. The predicted octanol–water partition coefficient (Wildman–Crippen LogP) is 1.77. The van der Waals surface area contributed by atoms with E-state index in [2.05, 4.69) is 36.5 Å². The zero-order valence-electron chi connectivity index (χ0n) is 13.9. The van der Waals surface area contributed by atoms with Crippen LogP contribution in [-0.4, -0.2) is 30.0 Å². The van der Waals surface area contributed by atoms with Crippen LogP contribution in [0.3, 0.4) is 0 Å². The lowest BCUT2D eigenvalue weighted by atomic mass is 9.92. The number of nitrogens with one attached hydrogen (secondary N) is 2. The molecule has 0 fully saturated rings. The maximum absolute atomic E-state index is 12.9. The topological polar surface area (TPSA) is 126 Å². The number of anilines is 2. The molecule has 0 saturated heterocycles. The second kappa shape index (κ2) is 7.46. The van der Waals surface area contributed by atoms with Crippen molar-refractivity contribution in [1.82, 2.24) is 15.3 Å². The van der Waals surface area contributed by atoms with E-state index in [0.29, 0.717) is 5.69 Å². The third kappa shape index (κ3) is 3.70. The summed E-state index contributed by atoms with van der Waals surface area (Å²) in [5.41, 5.74) is 5.13. The van der Waals surface area contributed by atoms with Gasteiger partial charge in [0.15, 0.2) is 0 Å². The number of nitrogens with zero attached hydrogens (tertiary/aromatic N) is 3. The van der Waals surface area contributed by atoms with E-state index in [9.17, 15) is 10.1 Å². The molecule has 0 bridgehead atoms. The number of carbonyl (C=O) groups is 1. The Morgan fingerprint density at radius 2 is 2.16 bits per heavy atom. The first-order valence-corrected chi connectivity index (χ1v) is 8.03. The van der Waals surface area contributed by atoms with Gasteiger partial charge in [-0.15, -0.1) is 0 Å². The van der Waals surface area contributed by atoms with Crippen LogP contribution in [0.4, 0.5) is 11.6 Å². The van der Waals surface area contributed by atoms with Crippen molar-refractivity contribution in [3.63, 3.8) is 0 Å². The quantitative estimate of drug-likeness (QED) is 0.692. The zero-order chi connectivity index (χ0) is 18.6. The third-order valence-corrected chi connectivity index (χ3v) is 4.20. The number of nitriles is 1. The van der Waals surface area contributed by atoms with Crippen LogP contribution in [0.1, 0.15) is 18.2 Å². The highest BCUT2D eigenvalue weighted by atomic mass is 79.9. The number of ether oxygens (including phenoxy) is 1. The summed E-state index contributed by atoms with van der Waals surface area (Å²) in [6.07, 6.45) is 0. The molecule has 1 aromatic carbocycles. The van der Waals surface area contributed by atoms with Crippen molar-refractivity contribution >= 4 is 33.5 Å². The number of nitrogen functional groups attached to an aromatic ring is 1. The molecule has 1 heterocycles. The summed E-state index contributed by atoms with van der Waals surface area (Å²) in [6, 6.07) is 9.12. The largest absolute Gasteiger partial charge is 0.480 e. The lowest BCUT2D eigenvalue weighted by Crippen LogP contribution is -2.49. The van der Waals surface area contributed by atoms with E-state index in [4.69, 9.17) is 10.5 Å². The van der Waals surface area contributed by atoms with E-state index in [1.165, 1.54) is 7.11 Å². The molecule has 9 heteroatoms. The van der Waals surface area contributed by atoms with Gasteiger partial charge in [-0.1, -0.05) is 22.0 Å². The molecule has 0 unspecified atom stereocenters. The van der Waals surface area contributed by atoms with Gasteiger partial charge in [0.25, 0.3) is 5.91 Å². The van der Waals surface area contributed by atoms with Crippen LogP contribution >= 0.6 is 15.9 Å². The third-order valence-electron chi connectivity index (χ3n) is 3.71. The first kappa shape index (κ1) is 18.6. The minimum absolute atomic E-state index is 0.0155. The van der Waals surface area contributed by atoms with Crippen molar-refractivity contribution in [2.45, 2.75) is 12.5 Å². The van der Waals surface area contributed by atoms with Crippen LogP contribution in [-0.2, 0) is 10.3 Å². The molecule has 1 aromatic heterocycles. The molecule has 1 amide bonds. The smallest absolute Gasteiger partial charge is 0.250 e. The van der Waals surface area contributed by atoms with Crippen molar-refractivity contribution in [2.24, 2.45) is 0 Å². The lowest BCUT2D eigenvalue weighted by molar-refractivity contribution is -0.122. The predicted molar refractivity (Wildman–Crippen MR) is 96.9 cm³/mol. The molecule has 130 valence electrons. The first-order valence-electron chi connectivity index (χ1n) is 7.23. The number of halogens is 1. The van der Waals surface area contributed by atoms with Crippen molar-refractivity contribution in [1.29, 1.82) is 5.26 Å². The summed E-state index contributed by atoms with van der Waals surface area (Å²) in [5, 5.41) is 15.2. The number of amides is 1. The molecule has 25 heavy (non-hydrogen) atoms. The normalized spacial score (nSPS) is 12.8. The number of carbonyl (C=O) groups excluding carboxylic acids is 1. The van der Waals surface area contributed by atoms with Gasteiger partial charge < -0.3 is 21.1 Å². The van der Waals surface area contributed by atoms with Gasteiger partial charge in [-0.25, -0.2) is 4.98 Å². The highest BCUT2D eigenvalue weighted by molar-refractivity contribution is 9.10. The Labute approximate surface area is 153 Å². The molecule has 0 aliphatic rings. The standard InChI is InChI=1S/C16H17BrN6O2/c1-16(20-2,14(24)21-10-6-4-5-9(17)7-10)12-11(8-18)13(25-3)23-15(19)22-12/h4-7,20H,1-3H3,(H,21,24)(H2,19,22,23)/t16-/m1/s1. The van der Waals surface area contributed by atoms with Crippen molar-refractivity contribution in [3.8, 4) is 11.9 Å². The summed E-state index contributed by atoms with van der Waals surface area (Å²) in [4.78, 5) is 20.9. The molecular weight excluding hydrogens is 388 g/mol. The molecule has 0 spiro atoms. The van der Waals surface area contributed by atoms with Crippen LogP contribution in [0.2, 0.25) is 0 Å². The van der Waals surface area contributed by atoms with Crippen LogP contribution in [0, 0.1) is 11.3 Å². The second-order valence-corrected chi connectivity index (χ2v) is 6.18. The molecule has 0 radical (unpaired) electrons. The van der Waals surface area contributed by atoms with E-state index in [-0.39, 0.29) is 23.1 Å². The summed E-state index contributed by atoms with van der Waals surface area (Å²) in [7, 11) is 2.96. The Balaban J connectivity index is 2.51. The number of rotatable bonds is 5. The van der Waals surface area contributed by atoms with Gasteiger partial charge in [-0.2, -0.15) is 10.2 Å². The van der Waals surface area contributed by atoms with Crippen molar-refractivity contribution < 1.29 is 9.53 Å². The lowest BCUT2D eigenvalue weighted by Gasteiger charge is -2.28. The molecule has 0 aliphatic heterocycles.